The molecule has 2 aromatic rings. The number of benzene rings is 2. The number of carbonyl (C=O) groups is 2. The topological polar surface area (TPSA) is 67.4 Å². The van der Waals surface area contributed by atoms with Gasteiger partial charge in [-0.25, -0.2) is 0 Å². The van der Waals surface area contributed by atoms with Gasteiger partial charge in [0.15, 0.2) is 6.61 Å². The van der Waals surface area contributed by atoms with Crippen molar-refractivity contribution in [3.63, 3.8) is 0 Å². The Bertz CT molecular complexity index is 794. The van der Waals surface area contributed by atoms with Crippen molar-refractivity contribution >= 4 is 40.7 Å². The summed E-state index contributed by atoms with van der Waals surface area (Å²) >= 11 is 11.7. The van der Waals surface area contributed by atoms with Crippen LogP contribution in [-0.4, -0.2) is 25.0 Å². The minimum absolute atomic E-state index is 0.149. The van der Waals surface area contributed by atoms with Crippen LogP contribution in [0.15, 0.2) is 36.4 Å². The van der Waals surface area contributed by atoms with Crippen molar-refractivity contribution in [1.29, 1.82) is 0 Å². The second kappa shape index (κ2) is 8.74. The lowest BCUT2D eigenvalue weighted by molar-refractivity contribution is -0.125. The van der Waals surface area contributed by atoms with Crippen LogP contribution in [0.25, 0.3) is 0 Å². The standard InChI is InChI=1S/C18H18Cl2N2O3/c1-11-4-3-5-15(12(11)2)22-17(23)9-21-18(24)10-25-16-7-6-13(19)8-14(16)20/h3-8H,9-10H2,1-2H3,(H,21,24)(H,22,23). The summed E-state index contributed by atoms with van der Waals surface area (Å²) in [6, 6.07) is 10.3. The molecule has 0 saturated carbocycles. The summed E-state index contributed by atoms with van der Waals surface area (Å²) < 4.78 is 5.30. The van der Waals surface area contributed by atoms with Crippen LogP contribution in [0, 0.1) is 13.8 Å². The highest BCUT2D eigenvalue weighted by atomic mass is 35.5. The van der Waals surface area contributed by atoms with Crippen LogP contribution in [0.4, 0.5) is 5.69 Å². The van der Waals surface area contributed by atoms with Gasteiger partial charge in [0.1, 0.15) is 5.75 Å². The Labute approximate surface area is 156 Å². The van der Waals surface area contributed by atoms with Gasteiger partial charge >= 0.3 is 0 Å². The van der Waals surface area contributed by atoms with E-state index in [2.05, 4.69) is 10.6 Å². The van der Waals surface area contributed by atoms with Gasteiger partial charge in [0.2, 0.25) is 5.91 Å². The van der Waals surface area contributed by atoms with Gasteiger partial charge in [0, 0.05) is 10.7 Å². The summed E-state index contributed by atoms with van der Waals surface area (Å²) in [6.45, 7) is 3.49. The van der Waals surface area contributed by atoms with Crippen molar-refractivity contribution in [2.24, 2.45) is 0 Å². The fourth-order valence-corrected chi connectivity index (χ4v) is 2.51. The fraction of sp³-hybridized carbons (Fsp3) is 0.222. The van der Waals surface area contributed by atoms with Gasteiger partial charge in [-0.3, -0.25) is 9.59 Å². The summed E-state index contributed by atoms with van der Waals surface area (Å²) in [4.78, 5) is 23.7. The van der Waals surface area contributed by atoms with Crippen molar-refractivity contribution in [2.45, 2.75) is 13.8 Å². The van der Waals surface area contributed by atoms with E-state index in [-0.39, 0.29) is 19.1 Å². The lowest BCUT2D eigenvalue weighted by Gasteiger charge is -2.11. The number of carbonyl (C=O) groups excluding carboxylic acids is 2. The molecule has 0 saturated heterocycles. The first-order valence-corrected chi connectivity index (χ1v) is 8.33. The lowest BCUT2D eigenvalue weighted by Crippen LogP contribution is -2.35. The lowest BCUT2D eigenvalue weighted by atomic mass is 10.1. The van der Waals surface area contributed by atoms with Crippen LogP contribution >= 0.6 is 23.2 Å². The summed E-state index contributed by atoms with van der Waals surface area (Å²) in [5.74, 6) is -0.394. The predicted octanol–water partition coefficient (Wildman–Crippen LogP) is 3.74. The van der Waals surface area contributed by atoms with E-state index in [1.165, 1.54) is 6.07 Å². The Morgan fingerprint density at radius 3 is 2.56 bits per heavy atom. The summed E-state index contributed by atoms with van der Waals surface area (Å²) in [5, 5.41) is 6.05. The number of aryl methyl sites for hydroxylation is 1. The van der Waals surface area contributed by atoms with Crippen molar-refractivity contribution < 1.29 is 14.3 Å². The quantitative estimate of drug-likeness (QED) is 0.801. The molecule has 0 aliphatic heterocycles. The number of halogens is 2. The fourth-order valence-electron chi connectivity index (χ4n) is 2.05. The molecule has 0 aliphatic carbocycles. The third-order valence-corrected chi connectivity index (χ3v) is 4.11. The molecule has 2 N–H and O–H groups in total. The second-order valence-electron chi connectivity index (χ2n) is 5.44. The van der Waals surface area contributed by atoms with Crippen molar-refractivity contribution in [3.8, 4) is 5.75 Å². The van der Waals surface area contributed by atoms with Gasteiger partial charge in [-0.2, -0.15) is 0 Å². The Morgan fingerprint density at radius 1 is 1.08 bits per heavy atom. The predicted molar refractivity (Wildman–Crippen MR) is 99.5 cm³/mol. The van der Waals surface area contributed by atoms with Gasteiger partial charge < -0.3 is 15.4 Å². The third-order valence-electron chi connectivity index (χ3n) is 3.58. The first kappa shape index (κ1) is 19.1. The number of hydrogen-bond donors (Lipinski definition) is 2. The van der Waals surface area contributed by atoms with Crippen LogP contribution in [-0.2, 0) is 9.59 Å². The minimum atomic E-state index is -0.429. The average Bonchev–Trinajstić information content (AvgIpc) is 2.56. The molecule has 0 heterocycles. The molecule has 0 atom stereocenters. The molecule has 5 nitrogen and oxygen atoms in total. The molecule has 0 unspecified atom stereocenters. The molecule has 2 rings (SSSR count). The van der Waals surface area contributed by atoms with Crippen molar-refractivity contribution in [1.82, 2.24) is 5.32 Å². The van der Waals surface area contributed by atoms with Crippen LogP contribution in [0.2, 0.25) is 10.0 Å². The third kappa shape index (κ3) is 5.66. The molecular weight excluding hydrogens is 363 g/mol. The number of amides is 2. The number of ether oxygens (including phenoxy) is 1. The van der Waals surface area contributed by atoms with Crippen LogP contribution in [0.5, 0.6) is 5.75 Å². The zero-order chi connectivity index (χ0) is 18.4. The highest BCUT2D eigenvalue weighted by molar-refractivity contribution is 6.35. The number of hydrogen-bond acceptors (Lipinski definition) is 3. The van der Waals surface area contributed by atoms with E-state index in [1.807, 2.05) is 32.0 Å². The number of rotatable bonds is 6. The van der Waals surface area contributed by atoms with Crippen LogP contribution in [0.3, 0.4) is 0 Å². The van der Waals surface area contributed by atoms with E-state index in [1.54, 1.807) is 12.1 Å². The van der Waals surface area contributed by atoms with Gasteiger partial charge in [-0.1, -0.05) is 35.3 Å². The molecule has 0 fully saturated rings. The monoisotopic (exact) mass is 380 g/mol. The molecule has 2 aromatic carbocycles. The molecule has 132 valence electrons. The largest absolute Gasteiger partial charge is 0.482 e. The normalized spacial score (nSPS) is 10.2. The first-order chi connectivity index (χ1) is 11.9. The molecule has 25 heavy (non-hydrogen) atoms. The van der Waals surface area contributed by atoms with E-state index < -0.39 is 5.91 Å². The number of anilines is 1. The van der Waals surface area contributed by atoms with E-state index in [0.717, 1.165) is 16.8 Å². The Hall–Kier alpha value is -2.24. The van der Waals surface area contributed by atoms with Gasteiger partial charge in [-0.15, -0.1) is 0 Å². The zero-order valence-corrected chi connectivity index (χ0v) is 15.4. The zero-order valence-electron chi connectivity index (χ0n) is 13.9. The second-order valence-corrected chi connectivity index (χ2v) is 6.28. The maximum absolute atomic E-state index is 11.9. The first-order valence-electron chi connectivity index (χ1n) is 7.57. The molecular formula is C18H18Cl2N2O3. The highest BCUT2D eigenvalue weighted by Gasteiger charge is 2.10. The van der Waals surface area contributed by atoms with E-state index in [4.69, 9.17) is 27.9 Å². The maximum atomic E-state index is 11.9. The van der Waals surface area contributed by atoms with Gasteiger partial charge in [0.05, 0.1) is 11.6 Å². The SMILES string of the molecule is Cc1cccc(NC(=O)CNC(=O)COc2ccc(Cl)cc2Cl)c1C. The number of nitrogens with one attached hydrogen (secondary N) is 2. The molecule has 0 aromatic heterocycles. The maximum Gasteiger partial charge on any atom is 0.258 e. The Kier molecular flexibility index (Phi) is 6.67. The minimum Gasteiger partial charge on any atom is -0.482 e. The summed E-state index contributed by atoms with van der Waals surface area (Å²) in [5.41, 5.74) is 2.79. The van der Waals surface area contributed by atoms with Gasteiger partial charge in [0.25, 0.3) is 5.91 Å². The molecule has 2 amide bonds. The van der Waals surface area contributed by atoms with E-state index >= 15 is 0 Å². The average molecular weight is 381 g/mol. The smallest absolute Gasteiger partial charge is 0.258 e. The van der Waals surface area contributed by atoms with Crippen LogP contribution in [0.1, 0.15) is 11.1 Å². The van der Waals surface area contributed by atoms with Crippen LogP contribution < -0.4 is 15.4 Å². The van der Waals surface area contributed by atoms with E-state index in [0.29, 0.717) is 15.8 Å². The molecule has 0 spiro atoms. The summed E-state index contributed by atoms with van der Waals surface area (Å²) in [6.07, 6.45) is 0. The van der Waals surface area contributed by atoms with Crippen molar-refractivity contribution in [3.05, 3.63) is 57.6 Å². The molecule has 0 radical (unpaired) electrons. The Morgan fingerprint density at radius 2 is 1.84 bits per heavy atom. The van der Waals surface area contributed by atoms with Gasteiger partial charge in [-0.05, 0) is 49.2 Å². The van der Waals surface area contributed by atoms with E-state index in [9.17, 15) is 9.59 Å². The Balaban J connectivity index is 1.79. The molecule has 0 aliphatic rings. The molecule has 7 heteroatoms. The van der Waals surface area contributed by atoms with Crippen molar-refractivity contribution in [2.75, 3.05) is 18.5 Å². The highest BCUT2D eigenvalue weighted by Crippen LogP contribution is 2.27. The molecule has 0 bridgehead atoms. The summed E-state index contributed by atoms with van der Waals surface area (Å²) in [7, 11) is 0.